The van der Waals surface area contributed by atoms with Gasteiger partial charge in [-0.3, -0.25) is 10.1 Å². The molecule has 0 N–H and O–H groups in total. The molecule has 0 spiro atoms. The minimum absolute atomic E-state index is 0.0171. The summed E-state index contributed by atoms with van der Waals surface area (Å²) in [5.41, 5.74) is -0.0171. The average molecular weight is 186 g/mol. The topological polar surface area (TPSA) is 69.4 Å². The van der Waals surface area contributed by atoms with Crippen LogP contribution in [0.5, 0.6) is 5.75 Å². The van der Waals surface area contributed by atoms with E-state index in [9.17, 15) is 14.7 Å². The number of hydrogen-bond donors (Lipinski definition) is 0. The molecular weight excluding hydrogens is 181 g/mol. The van der Waals surface area contributed by atoms with E-state index in [-0.39, 0.29) is 5.69 Å². The first-order valence-electron chi connectivity index (χ1n) is 3.02. The standard InChI is InChI=1S/C6H5NO4P/c8-7(9)5-1-3-6(4-2-5)11-12-10/h1-4,12H. The molecule has 12 heavy (non-hydrogen) atoms. The van der Waals surface area contributed by atoms with Gasteiger partial charge in [-0.05, 0) is 12.1 Å². The van der Waals surface area contributed by atoms with Gasteiger partial charge in [0.05, 0.1) is 4.92 Å². The highest BCUT2D eigenvalue weighted by atomic mass is 31.1. The summed E-state index contributed by atoms with van der Waals surface area (Å²) in [7, 11) is -0.893. The second-order valence-corrected chi connectivity index (χ2v) is 2.31. The van der Waals surface area contributed by atoms with Gasteiger partial charge in [0.2, 0.25) is 0 Å². The maximum atomic E-state index is 10.2. The van der Waals surface area contributed by atoms with Gasteiger partial charge in [0, 0.05) is 12.1 Å². The Labute approximate surface area is 69.4 Å². The van der Waals surface area contributed by atoms with E-state index in [0.717, 1.165) is 0 Å². The zero-order chi connectivity index (χ0) is 8.97. The normalized spacial score (nSPS) is 9.67. The first-order valence-corrected chi connectivity index (χ1v) is 3.84. The smallest absolute Gasteiger partial charge is 0.269 e. The fourth-order valence-corrected chi connectivity index (χ4v) is 0.916. The van der Waals surface area contributed by atoms with Crippen LogP contribution in [-0.2, 0) is 4.57 Å². The summed E-state index contributed by atoms with van der Waals surface area (Å²) in [6.45, 7) is 0. The van der Waals surface area contributed by atoms with Crippen LogP contribution >= 0.6 is 8.69 Å². The number of nitro benzene ring substituents is 1. The van der Waals surface area contributed by atoms with Crippen LogP contribution in [0.1, 0.15) is 0 Å². The second-order valence-electron chi connectivity index (χ2n) is 1.94. The van der Waals surface area contributed by atoms with Gasteiger partial charge in [0.15, 0.2) is 0 Å². The number of benzene rings is 1. The van der Waals surface area contributed by atoms with Gasteiger partial charge in [-0.25, -0.2) is 4.57 Å². The lowest BCUT2D eigenvalue weighted by atomic mass is 10.3. The van der Waals surface area contributed by atoms with Crippen molar-refractivity contribution in [3.05, 3.63) is 34.4 Å². The molecular formula is C6H5NO4P. The van der Waals surface area contributed by atoms with E-state index in [2.05, 4.69) is 4.52 Å². The number of nitro groups is 1. The largest absolute Gasteiger partial charge is 0.419 e. The molecule has 5 nitrogen and oxygen atoms in total. The molecule has 1 rings (SSSR count). The van der Waals surface area contributed by atoms with E-state index in [4.69, 9.17) is 0 Å². The number of non-ortho nitro benzene ring substituents is 1. The van der Waals surface area contributed by atoms with Gasteiger partial charge in [0.1, 0.15) is 5.75 Å². The van der Waals surface area contributed by atoms with Crippen molar-refractivity contribution in [1.29, 1.82) is 0 Å². The molecule has 0 heterocycles. The fourth-order valence-electron chi connectivity index (χ4n) is 0.684. The van der Waals surface area contributed by atoms with Crippen molar-refractivity contribution in [3.8, 4) is 5.75 Å². The first-order chi connectivity index (χ1) is 5.74. The number of rotatable bonds is 3. The molecule has 0 aromatic heterocycles. The predicted octanol–water partition coefficient (Wildman–Crippen LogP) is 1.91. The van der Waals surface area contributed by atoms with Crippen LogP contribution in [-0.4, -0.2) is 4.92 Å². The summed E-state index contributed by atoms with van der Waals surface area (Å²) in [4.78, 5) is 9.66. The molecule has 1 aromatic carbocycles. The highest BCUT2D eigenvalue weighted by molar-refractivity contribution is 7.17. The quantitative estimate of drug-likeness (QED) is 0.410. The first kappa shape index (κ1) is 8.62. The number of nitrogens with zero attached hydrogens (tertiary/aromatic N) is 1. The summed E-state index contributed by atoms with van der Waals surface area (Å²) < 4.78 is 14.6. The fraction of sp³-hybridized carbons (Fsp3) is 0. The molecule has 1 radical (unpaired) electrons. The summed E-state index contributed by atoms with van der Waals surface area (Å²) in [5.74, 6) is 0.355. The Balaban J connectivity index is 2.85. The van der Waals surface area contributed by atoms with E-state index >= 15 is 0 Å². The van der Waals surface area contributed by atoms with Crippen molar-refractivity contribution in [2.75, 3.05) is 0 Å². The van der Waals surface area contributed by atoms with Gasteiger partial charge >= 0.3 is 0 Å². The Bertz CT molecular complexity index is 297. The molecule has 0 fully saturated rings. The average Bonchev–Trinajstić information content (AvgIpc) is 2.06. The van der Waals surface area contributed by atoms with E-state index in [1.807, 2.05) is 0 Å². The van der Waals surface area contributed by atoms with Gasteiger partial charge in [-0.2, -0.15) is 0 Å². The molecule has 1 atom stereocenters. The van der Waals surface area contributed by atoms with E-state index in [0.29, 0.717) is 5.75 Å². The van der Waals surface area contributed by atoms with Crippen LogP contribution in [0.2, 0.25) is 0 Å². The molecule has 0 aliphatic rings. The van der Waals surface area contributed by atoms with Crippen molar-refractivity contribution >= 4 is 14.4 Å². The van der Waals surface area contributed by atoms with Crippen molar-refractivity contribution in [2.24, 2.45) is 0 Å². The third-order valence-corrected chi connectivity index (χ3v) is 1.53. The third kappa shape index (κ3) is 2.00. The third-order valence-electron chi connectivity index (χ3n) is 1.21. The molecule has 0 bridgehead atoms. The van der Waals surface area contributed by atoms with Crippen LogP contribution in [0.4, 0.5) is 5.69 Å². The summed E-state index contributed by atoms with van der Waals surface area (Å²) >= 11 is 0. The Kier molecular flexibility index (Phi) is 2.71. The van der Waals surface area contributed by atoms with Crippen molar-refractivity contribution in [1.82, 2.24) is 0 Å². The zero-order valence-corrected chi connectivity index (χ0v) is 6.89. The molecule has 1 unspecified atom stereocenters. The van der Waals surface area contributed by atoms with E-state index in [1.165, 1.54) is 24.3 Å². The SMILES string of the molecule is O=[PH]Oc1ccc([N+](=O)[O-])cc1. The maximum Gasteiger partial charge on any atom is 0.269 e. The molecule has 6 heteroatoms. The van der Waals surface area contributed by atoms with Gasteiger partial charge in [-0.1, -0.05) is 0 Å². The highest BCUT2D eigenvalue weighted by Crippen LogP contribution is 2.19. The Morgan fingerprint density at radius 3 is 2.33 bits per heavy atom. The summed E-state index contributed by atoms with van der Waals surface area (Å²) in [6, 6.07) is 5.36. The van der Waals surface area contributed by atoms with Crippen LogP contribution < -0.4 is 4.52 Å². The van der Waals surface area contributed by atoms with Crippen molar-refractivity contribution in [2.45, 2.75) is 0 Å². The molecule has 0 amide bonds. The maximum absolute atomic E-state index is 10.2. The second kappa shape index (κ2) is 3.78. The Morgan fingerprint density at radius 2 is 1.92 bits per heavy atom. The van der Waals surface area contributed by atoms with Crippen LogP contribution in [0, 0.1) is 10.1 Å². The van der Waals surface area contributed by atoms with Gasteiger partial charge in [-0.15, -0.1) is 0 Å². The number of hydrogen-bond acceptors (Lipinski definition) is 4. The summed E-state index contributed by atoms with van der Waals surface area (Å²) in [6.07, 6.45) is 0. The molecule has 0 saturated carbocycles. The monoisotopic (exact) mass is 186 g/mol. The van der Waals surface area contributed by atoms with Crippen molar-refractivity contribution < 1.29 is 14.0 Å². The lowest BCUT2D eigenvalue weighted by molar-refractivity contribution is -0.384. The molecule has 0 saturated heterocycles. The molecule has 63 valence electrons. The van der Waals surface area contributed by atoms with Crippen molar-refractivity contribution in [3.63, 3.8) is 0 Å². The lowest BCUT2D eigenvalue weighted by Gasteiger charge is -1.94. The predicted molar refractivity (Wildman–Crippen MR) is 42.7 cm³/mol. The van der Waals surface area contributed by atoms with Crippen LogP contribution in [0.15, 0.2) is 24.3 Å². The van der Waals surface area contributed by atoms with E-state index in [1.54, 1.807) is 0 Å². The lowest BCUT2D eigenvalue weighted by Crippen LogP contribution is -1.86. The Hall–Kier alpha value is -1.48. The molecule has 0 aliphatic heterocycles. The Morgan fingerprint density at radius 1 is 1.33 bits per heavy atom. The minimum Gasteiger partial charge on any atom is -0.419 e. The van der Waals surface area contributed by atoms with Crippen LogP contribution in [0.25, 0.3) is 0 Å². The zero-order valence-electron chi connectivity index (χ0n) is 5.89. The van der Waals surface area contributed by atoms with Gasteiger partial charge in [0.25, 0.3) is 14.4 Å². The van der Waals surface area contributed by atoms with E-state index < -0.39 is 13.6 Å². The highest BCUT2D eigenvalue weighted by Gasteiger charge is 2.03. The van der Waals surface area contributed by atoms with Crippen LogP contribution in [0.3, 0.4) is 0 Å². The summed E-state index contributed by atoms with van der Waals surface area (Å²) in [5, 5.41) is 10.2. The van der Waals surface area contributed by atoms with Gasteiger partial charge < -0.3 is 4.52 Å². The minimum atomic E-state index is -0.893. The molecule has 0 aliphatic carbocycles. The molecule has 1 aromatic rings.